The molecule has 0 spiro atoms. The Labute approximate surface area is 78.1 Å². The van der Waals surface area contributed by atoms with E-state index in [2.05, 4.69) is 12.6 Å². The van der Waals surface area contributed by atoms with Crippen LogP contribution >= 0.6 is 12.6 Å². The average molecular weight is 189 g/mol. The maximum Gasteiger partial charge on any atom is 0.202 e. The van der Waals surface area contributed by atoms with Crippen molar-refractivity contribution < 1.29 is 9.53 Å². The average Bonchev–Trinajstić information content (AvgIpc) is 2.51. The quantitative estimate of drug-likeness (QED) is 0.641. The van der Waals surface area contributed by atoms with Crippen LogP contribution in [-0.4, -0.2) is 23.9 Å². The highest BCUT2D eigenvalue weighted by molar-refractivity contribution is 7.96. The van der Waals surface area contributed by atoms with Crippen LogP contribution in [-0.2, 0) is 9.53 Å². The molecule has 2 N–H and O–H groups in total. The Hall–Kier alpha value is -0.0600. The zero-order valence-corrected chi connectivity index (χ0v) is 7.93. The van der Waals surface area contributed by atoms with E-state index in [1.54, 1.807) is 0 Å². The largest absolute Gasteiger partial charge is 0.378 e. The number of carbonyl (C=O) groups excluding carboxylic acids is 1. The van der Waals surface area contributed by atoms with Crippen molar-refractivity contribution in [1.82, 2.24) is 0 Å². The third-order valence-corrected chi connectivity index (χ3v) is 2.47. The summed E-state index contributed by atoms with van der Waals surface area (Å²) in [7, 11) is 0. The van der Waals surface area contributed by atoms with E-state index in [1.165, 1.54) is 0 Å². The number of ether oxygens (including phenoxy) is 1. The molecule has 0 aromatic heterocycles. The van der Waals surface area contributed by atoms with Crippen LogP contribution in [0.5, 0.6) is 0 Å². The summed E-state index contributed by atoms with van der Waals surface area (Å²) < 4.78 is 5.39. The molecule has 4 heteroatoms. The van der Waals surface area contributed by atoms with Gasteiger partial charge in [0.25, 0.3) is 0 Å². The number of nitrogens with two attached hydrogens (primary N) is 1. The summed E-state index contributed by atoms with van der Waals surface area (Å²) in [6.07, 6.45) is 4.13. The molecule has 70 valence electrons. The van der Waals surface area contributed by atoms with Gasteiger partial charge in [-0.15, -0.1) is 12.6 Å². The summed E-state index contributed by atoms with van der Waals surface area (Å²) in [5.74, 6) is 0. The highest BCUT2D eigenvalue weighted by Crippen LogP contribution is 2.17. The lowest BCUT2D eigenvalue weighted by Crippen LogP contribution is -2.28. The predicted molar refractivity (Wildman–Crippen MR) is 50.2 cm³/mol. The van der Waals surface area contributed by atoms with Crippen molar-refractivity contribution in [2.45, 2.75) is 37.8 Å². The summed E-state index contributed by atoms with van der Waals surface area (Å²) in [6.45, 7) is 0.856. The summed E-state index contributed by atoms with van der Waals surface area (Å²) in [5, 5.41) is -0.229. The van der Waals surface area contributed by atoms with Crippen LogP contribution in [0.15, 0.2) is 0 Å². The van der Waals surface area contributed by atoms with Crippen molar-refractivity contribution in [1.29, 1.82) is 0 Å². The molecule has 1 unspecified atom stereocenters. The SMILES string of the molecule is N[C@@H](CCC1CCCO1)C(=O)S. The number of hydrogen-bond acceptors (Lipinski definition) is 3. The number of carbonyl (C=O) groups is 1. The Kier molecular flexibility index (Phi) is 4.05. The van der Waals surface area contributed by atoms with Gasteiger partial charge in [-0.3, -0.25) is 4.79 Å². The first-order valence-corrected chi connectivity index (χ1v) is 4.75. The molecule has 1 saturated heterocycles. The molecule has 0 radical (unpaired) electrons. The molecule has 0 bridgehead atoms. The topological polar surface area (TPSA) is 52.3 Å². The van der Waals surface area contributed by atoms with Crippen LogP contribution in [0.25, 0.3) is 0 Å². The highest BCUT2D eigenvalue weighted by Gasteiger charge is 2.17. The normalized spacial score (nSPS) is 25.7. The van der Waals surface area contributed by atoms with Crippen LogP contribution in [0.3, 0.4) is 0 Å². The summed E-state index contributed by atoms with van der Waals surface area (Å²) in [6, 6.07) is -0.419. The van der Waals surface area contributed by atoms with E-state index < -0.39 is 6.04 Å². The fourth-order valence-corrected chi connectivity index (χ4v) is 1.49. The van der Waals surface area contributed by atoms with E-state index in [1.807, 2.05) is 0 Å². The Bertz CT molecular complexity index is 157. The van der Waals surface area contributed by atoms with Crippen LogP contribution in [0, 0.1) is 0 Å². The molecule has 12 heavy (non-hydrogen) atoms. The molecule has 1 aliphatic heterocycles. The van der Waals surface area contributed by atoms with Crippen LogP contribution in [0.4, 0.5) is 0 Å². The van der Waals surface area contributed by atoms with Crippen molar-refractivity contribution in [2.75, 3.05) is 6.61 Å². The van der Waals surface area contributed by atoms with Crippen LogP contribution < -0.4 is 5.73 Å². The first-order valence-electron chi connectivity index (χ1n) is 4.30. The van der Waals surface area contributed by atoms with Gasteiger partial charge in [-0.25, -0.2) is 0 Å². The van der Waals surface area contributed by atoms with Gasteiger partial charge >= 0.3 is 0 Å². The maximum atomic E-state index is 10.6. The van der Waals surface area contributed by atoms with Gasteiger partial charge in [0.05, 0.1) is 12.1 Å². The smallest absolute Gasteiger partial charge is 0.202 e. The van der Waals surface area contributed by atoms with Crippen LogP contribution in [0.1, 0.15) is 25.7 Å². The lowest BCUT2D eigenvalue weighted by atomic mass is 10.1. The monoisotopic (exact) mass is 189 g/mol. The fraction of sp³-hybridized carbons (Fsp3) is 0.875. The minimum atomic E-state index is -0.419. The number of thiol groups is 1. The molecule has 0 amide bonds. The summed E-state index contributed by atoms with van der Waals surface area (Å²) in [5.41, 5.74) is 5.51. The molecule has 1 rings (SSSR count). The van der Waals surface area contributed by atoms with Gasteiger partial charge in [-0.05, 0) is 25.7 Å². The standard InChI is InChI=1S/C8H15NO2S/c9-7(8(10)12)4-3-6-2-1-5-11-6/h6-7H,1-5,9H2,(H,10,12)/t6?,7-/m0/s1. The molecule has 3 nitrogen and oxygen atoms in total. The van der Waals surface area contributed by atoms with Crippen molar-refractivity contribution in [3.8, 4) is 0 Å². The zero-order valence-electron chi connectivity index (χ0n) is 7.03. The second-order valence-electron chi connectivity index (χ2n) is 3.16. The van der Waals surface area contributed by atoms with E-state index in [-0.39, 0.29) is 5.12 Å². The maximum absolute atomic E-state index is 10.6. The predicted octanol–water partition coefficient (Wildman–Crippen LogP) is 0.729. The number of hydrogen-bond donors (Lipinski definition) is 2. The second kappa shape index (κ2) is 4.84. The molecule has 2 atom stereocenters. The van der Waals surface area contributed by atoms with Crippen LogP contribution in [0.2, 0.25) is 0 Å². The van der Waals surface area contributed by atoms with E-state index in [0.29, 0.717) is 12.5 Å². The van der Waals surface area contributed by atoms with Crippen molar-refractivity contribution in [3.63, 3.8) is 0 Å². The van der Waals surface area contributed by atoms with E-state index in [9.17, 15) is 4.79 Å². The van der Waals surface area contributed by atoms with Gasteiger partial charge in [0, 0.05) is 6.61 Å². The first-order chi connectivity index (χ1) is 5.70. The van der Waals surface area contributed by atoms with E-state index in [0.717, 1.165) is 25.9 Å². The van der Waals surface area contributed by atoms with Gasteiger partial charge in [0.15, 0.2) is 0 Å². The minimum Gasteiger partial charge on any atom is -0.378 e. The second-order valence-corrected chi connectivity index (χ2v) is 3.60. The Morgan fingerprint density at radius 3 is 3.00 bits per heavy atom. The molecule has 0 aromatic rings. The first kappa shape index (κ1) is 10.0. The Morgan fingerprint density at radius 2 is 2.50 bits per heavy atom. The molecular weight excluding hydrogens is 174 g/mol. The van der Waals surface area contributed by atoms with Gasteiger partial charge in [-0.1, -0.05) is 0 Å². The lowest BCUT2D eigenvalue weighted by molar-refractivity contribution is -0.112. The number of rotatable bonds is 4. The zero-order chi connectivity index (χ0) is 8.97. The highest BCUT2D eigenvalue weighted by atomic mass is 32.1. The molecular formula is C8H15NO2S. The third kappa shape index (κ3) is 3.13. The molecule has 1 heterocycles. The Morgan fingerprint density at radius 1 is 1.75 bits per heavy atom. The summed E-state index contributed by atoms with van der Waals surface area (Å²) in [4.78, 5) is 10.6. The molecule has 1 fully saturated rings. The van der Waals surface area contributed by atoms with Crippen molar-refractivity contribution >= 4 is 17.7 Å². The van der Waals surface area contributed by atoms with Gasteiger partial charge < -0.3 is 10.5 Å². The van der Waals surface area contributed by atoms with Gasteiger partial charge in [0.1, 0.15) is 0 Å². The molecule has 0 aliphatic carbocycles. The van der Waals surface area contributed by atoms with Gasteiger partial charge in [0.2, 0.25) is 5.12 Å². The van der Waals surface area contributed by atoms with E-state index >= 15 is 0 Å². The van der Waals surface area contributed by atoms with E-state index in [4.69, 9.17) is 10.5 Å². The van der Waals surface area contributed by atoms with Crippen molar-refractivity contribution in [3.05, 3.63) is 0 Å². The molecule has 0 saturated carbocycles. The fourth-order valence-electron chi connectivity index (χ4n) is 1.36. The third-order valence-electron chi connectivity index (χ3n) is 2.14. The van der Waals surface area contributed by atoms with Crippen molar-refractivity contribution in [2.24, 2.45) is 5.73 Å². The summed E-state index contributed by atoms with van der Waals surface area (Å²) >= 11 is 3.66. The lowest BCUT2D eigenvalue weighted by Gasteiger charge is -2.11. The Balaban J connectivity index is 2.11. The molecule has 0 aromatic carbocycles. The minimum absolute atomic E-state index is 0.229. The van der Waals surface area contributed by atoms with Gasteiger partial charge in [-0.2, -0.15) is 0 Å². The molecule has 1 aliphatic rings.